The van der Waals surface area contributed by atoms with E-state index >= 15 is 0 Å². The zero-order chi connectivity index (χ0) is 24.9. The number of amides is 3. The van der Waals surface area contributed by atoms with Crippen LogP contribution in [0.1, 0.15) is 50.8 Å². The van der Waals surface area contributed by atoms with Gasteiger partial charge in [0.15, 0.2) is 0 Å². The van der Waals surface area contributed by atoms with Crippen molar-refractivity contribution in [3.8, 4) is 0 Å². The van der Waals surface area contributed by atoms with E-state index in [-0.39, 0.29) is 30.1 Å². The number of nitrogens with one attached hydrogen (secondary N) is 1. The van der Waals surface area contributed by atoms with Crippen molar-refractivity contribution in [3.05, 3.63) is 70.7 Å². The highest BCUT2D eigenvalue weighted by atomic mass is 35.5. The largest absolute Gasteiger partial charge is 0.343 e. The first-order chi connectivity index (χ1) is 16.8. The van der Waals surface area contributed by atoms with E-state index in [1.807, 2.05) is 28.0 Å². The Hall–Kier alpha value is -2.57. The SMILES string of the molecule is CC(=O)N1CCC(NC(=O)N2CCN(C(c3ccccc3)c3ccc(Cl)cc3)C[C@@H]2C(C)C)CC1. The summed E-state index contributed by atoms with van der Waals surface area (Å²) in [6, 6.07) is 19.0. The quantitative estimate of drug-likeness (QED) is 0.647. The fraction of sp³-hybridized carbons (Fsp3) is 0.500. The summed E-state index contributed by atoms with van der Waals surface area (Å²) in [6.07, 6.45) is 1.62. The first kappa shape index (κ1) is 25.5. The molecule has 0 radical (unpaired) electrons. The highest BCUT2D eigenvalue weighted by molar-refractivity contribution is 6.30. The van der Waals surface area contributed by atoms with E-state index in [9.17, 15) is 9.59 Å². The van der Waals surface area contributed by atoms with Gasteiger partial charge < -0.3 is 15.1 Å². The van der Waals surface area contributed by atoms with Crippen molar-refractivity contribution < 1.29 is 9.59 Å². The van der Waals surface area contributed by atoms with Crippen LogP contribution in [0, 0.1) is 5.92 Å². The van der Waals surface area contributed by atoms with Crippen molar-refractivity contribution in [2.75, 3.05) is 32.7 Å². The Morgan fingerprint density at radius 2 is 1.54 bits per heavy atom. The van der Waals surface area contributed by atoms with Gasteiger partial charge in [0.2, 0.25) is 5.91 Å². The van der Waals surface area contributed by atoms with Gasteiger partial charge in [-0.05, 0) is 42.0 Å². The minimum atomic E-state index is 0.0207. The van der Waals surface area contributed by atoms with Crippen LogP contribution in [0.15, 0.2) is 54.6 Å². The van der Waals surface area contributed by atoms with Crippen LogP contribution in [0.5, 0.6) is 0 Å². The standard InChI is InChI=1S/C28H37ClN4O2/c1-20(2)26-19-32(27(22-7-5-4-6-8-22)23-9-11-24(29)12-10-23)17-18-33(26)28(35)30-25-13-15-31(16-14-25)21(3)34/h4-12,20,25-27H,13-19H2,1-3H3,(H,30,35)/t26-,27?/m1/s1. The smallest absolute Gasteiger partial charge is 0.317 e. The molecule has 2 aliphatic heterocycles. The molecule has 1 unspecified atom stereocenters. The number of carbonyl (C=O) groups excluding carboxylic acids is 2. The topological polar surface area (TPSA) is 55.9 Å². The third-order valence-electron chi connectivity index (χ3n) is 7.41. The summed E-state index contributed by atoms with van der Waals surface area (Å²) in [6.45, 7) is 9.69. The van der Waals surface area contributed by atoms with Gasteiger partial charge in [-0.15, -0.1) is 0 Å². The maximum Gasteiger partial charge on any atom is 0.317 e. The average molecular weight is 497 g/mol. The van der Waals surface area contributed by atoms with E-state index in [0.717, 1.165) is 31.0 Å². The number of benzene rings is 2. The molecule has 0 saturated carbocycles. The van der Waals surface area contributed by atoms with Crippen LogP contribution in [0.25, 0.3) is 0 Å². The van der Waals surface area contributed by atoms with Crippen LogP contribution in [0.3, 0.4) is 0 Å². The van der Waals surface area contributed by atoms with Crippen LogP contribution >= 0.6 is 11.6 Å². The monoisotopic (exact) mass is 496 g/mol. The van der Waals surface area contributed by atoms with Crippen molar-refractivity contribution in [1.82, 2.24) is 20.0 Å². The highest BCUT2D eigenvalue weighted by Crippen LogP contribution is 2.32. The number of carbonyl (C=O) groups is 2. The number of urea groups is 1. The Balaban J connectivity index is 1.48. The van der Waals surface area contributed by atoms with Crippen molar-refractivity contribution in [2.24, 2.45) is 5.92 Å². The van der Waals surface area contributed by atoms with Gasteiger partial charge in [-0.2, -0.15) is 0 Å². The first-order valence-electron chi connectivity index (χ1n) is 12.7. The van der Waals surface area contributed by atoms with Gasteiger partial charge in [0.25, 0.3) is 0 Å². The second-order valence-electron chi connectivity index (χ2n) is 10.1. The Kier molecular flexibility index (Phi) is 8.34. The Morgan fingerprint density at radius 3 is 2.14 bits per heavy atom. The number of piperazine rings is 1. The van der Waals surface area contributed by atoms with Crippen molar-refractivity contribution in [1.29, 1.82) is 0 Å². The molecule has 4 rings (SSSR count). The zero-order valence-corrected chi connectivity index (χ0v) is 21.7. The Morgan fingerprint density at radius 1 is 0.914 bits per heavy atom. The molecule has 0 aliphatic carbocycles. The van der Waals surface area contributed by atoms with Crippen LogP contribution in [-0.2, 0) is 4.79 Å². The summed E-state index contributed by atoms with van der Waals surface area (Å²) >= 11 is 6.19. The lowest BCUT2D eigenvalue weighted by atomic mass is 9.93. The molecule has 2 fully saturated rings. The molecule has 6 nitrogen and oxygen atoms in total. The normalized spacial score (nSPS) is 20.7. The third kappa shape index (κ3) is 6.17. The number of halogens is 1. The molecule has 3 amide bonds. The lowest BCUT2D eigenvalue weighted by Crippen LogP contribution is -2.61. The Labute approximate surface area is 214 Å². The van der Waals surface area contributed by atoms with Gasteiger partial charge in [0.1, 0.15) is 0 Å². The predicted molar refractivity (Wildman–Crippen MR) is 140 cm³/mol. The van der Waals surface area contributed by atoms with Crippen LogP contribution in [0.4, 0.5) is 4.79 Å². The van der Waals surface area contributed by atoms with Gasteiger partial charge >= 0.3 is 6.03 Å². The predicted octanol–water partition coefficient (Wildman–Crippen LogP) is 4.79. The molecule has 0 bridgehead atoms. The number of hydrogen-bond donors (Lipinski definition) is 1. The van der Waals surface area contributed by atoms with E-state index in [4.69, 9.17) is 11.6 Å². The number of likely N-dealkylation sites (tertiary alicyclic amines) is 1. The molecule has 1 N–H and O–H groups in total. The lowest BCUT2D eigenvalue weighted by Gasteiger charge is -2.46. The zero-order valence-electron chi connectivity index (χ0n) is 21.0. The number of nitrogens with zero attached hydrogens (tertiary/aromatic N) is 3. The molecule has 2 saturated heterocycles. The maximum atomic E-state index is 13.4. The number of hydrogen-bond acceptors (Lipinski definition) is 3. The second-order valence-corrected chi connectivity index (χ2v) is 10.5. The summed E-state index contributed by atoms with van der Waals surface area (Å²) < 4.78 is 0. The second kappa shape index (κ2) is 11.4. The fourth-order valence-electron chi connectivity index (χ4n) is 5.38. The summed E-state index contributed by atoms with van der Waals surface area (Å²) in [5.74, 6) is 0.434. The van der Waals surface area contributed by atoms with E-state index < -0.39 is 0 Å². The van der Waals surface area contributed by atoms with Crippen molar-refractivity contribution >= 4 is 23.5 Å². The fourth-order valence-corrected chi connectivity index (χ4v) is 5.51. The van der Waals surface area contributed by atoms with E-state index in [1.165, 1.54) is 11.1 Å². The molecule has 2 aromatic rings. The molecule has 35 heavy (non-hydrogen) atoms. The van der Waals surface area contributed by atoms with E-state index in [0.29, 0.717) is 25.6 Å². The molecule has 0 spiro atoms. The summed E-state index contributed by atoms with van der Waals surface area (Å²) in [5.41, 5.74) is 2.45. The maximum absolute atomic E-state index is 13.4. The summed E-state index contributed by atoms with van der Waals surface area (Å²) in [7, 11) is 0. The number of piperidine rings is 1. The molecule has 0 aromatic heterocycles. The summed E-state index contributed by atoms with van der Waals surface area (Å²) in [4.78, 5) is 31.4. The molecule has 2 aromatic carbocycles. The minimum absolute atomic E-state index is 0.0207. The van der Waals surface area contributed by atoms with E-state index in [1.54, 1.807) is 6.92 Å². The number of rotatable bonds is 5. The molecule has 2 heterocycles. The Bertz CT molecular complexity index is 990. The van der Waals surface area contributed by atoms with E-state index in [2.05, 4.69) is 60.5 Å². The van der Waals surface area contributed by atoms with Gasteiger partial charge in [-0.3, -0.25) is 9.69 Å². The first-order valence-corrected chi connectivity index (χ1v) is 13.1. The lowest BCUT2D eigenvalue weighted by molar-refractivity contribution is -0.129. The highest BCUT2D eigenvalue weighted by Gasteiger charge is 2.37. The molecular weight excluding hydrogens is 460 g/mol. The van der Waals surface area contributed by atoms with Gasteiger partial charge in [-0.1, -0.05) is 67.9 Å². The van der Waals surface area contributed by atoms with Crippen molar-refractivity contribution in [2.45, 2.75) is 51.7 Å². The molecule has 188 valence electrons. The molecule has 2 atom stereocenters. The summed E-state index contributed by atoms with van der Waals surface area (Å²) in [5, 5.41) is 4.00. The third-order valence-corrected chi connectivity index (χ3v) is 7.67. The van der Waals surface area contributed by atoms with Gasteiger partial charge in [-0.25, -0.2) is 4.79 Å². The minimum Gasteiger partial charge on any atom is -0.343 e. The molecule has 2 aliphatic rings. The average Bonchev–Trinajstić information content (AvgIpc) is 2.86. The van der Waals surface area contributed by atoms with Gasteiger partial charge in [0.05, 0.1) is 6.04 Å². The van der Waals surface area contributed by atoms with Crippen LogP contribution in [-0.4, -0.2) is 71.4 Å². The van der Waals surface area contributed by atoms with Crippen molar-refractivity contribution in [3.63, 3.8) is 0 Å². The molecular formula is C28H37ClN4O2. The van der Waals surface area contributed by atoms with Crippen LogP contribution < -0.4 is 5.32 Å². The van der Waals surface area contributed by atoms with Gasteiger partial charge in [0, 0.05) is 56.8 Å². The van der Waals surface area contributed by atoms with Crippen LogP contribution in [0.2, 0.25) is 5.02 Å². The molecule has 7 heteroatoms.